The van der Waals surface area contributed by atoms with Crippen molar-refractivity contribution in [3.63, 3.8) is 0 Å². The number of fused-ring (bicyclic) bond motifs is 1. The summed E-state index contributed by atoms with van der Waals surface area (Å²) in [5.41, 5.74) is 0.675. The molecule has 1 aromatic carbocycles. The Morgan fingerprint density at radius 3 is 2.44 bits per heavy atom. The standard InChI is InChI=1S/C14H17Br2N4O4P/c15-4-7-18-25(23,19-8-5-16)24-10-11-1-2-14(20(21)22)13-9-17-6-3-12(11)13/h1-3,6,9H,4-5,7-8,10H2,(H2,18,19,23). The smallest absolute Gasteiger partial charge is 0.301 e. The van der Waals surface area contributed by atoms with Gasteiger partial charge in [0.1, 0.15) is 0 Å². The van der Waals surface area contributed by atoms with Crippen LogP contribution in [0.1, 0.15) is 5.56 Å². The molecule has 0 amide bonds. The van der Waals surface area contributed by atoms with Crippen molar-refractivity contribution in [2.75, 3.05) is 23.7 Å². The van der Waals surface area contributed by atoms with Crippen LogP contribution in [-0.2, 0) is 15.7 Å². The molecule has 0 aliphatic rings. The fourth-order valence-corrected chi connectivity index (χ4v) is 4.65. The lowest BCUT2D eigenvalue weighted by atomic mass is 10.1. The molecule has 2 rings (SSSR count). The highest BCUT2D eigenvalue weighted by atomic mass is 79.9. The van der Waals surface area contributed by atoms with E-state index in [1.165, 1.54) is 12.3 Å². The number of hydrogen-bond donors (Lipinski definition) is 2. The molecule has 0 aliphatic carbocycles. The van der Waals surface area contributed by atoms with Crippen LogP contribution in [0.3, 0.4) is 0 Å². The first-order valence-corrected chi connectivity index (χ1v) is 11.2. The first kappa shape index (κ1) is 20.4. The summed E-state index contributed by atoms with van der Waals surface area (Å²) in [6.07, 6.45) is 3.00. The lowest BCUT2D eigenvalue weighted by Crippen LogP contribution is -2.26. The van der Waals surface area contributed by atoms with Crippen molar-refractivity contribution < 1.29 is 14.0 Å². The molecule has 0 atom stereocenters. The van der Waals surface area contributed by atoms with Crippen LogP contribution < -0.4 is 10.2 Å². The van der Waals surface area contributed by atoms with Crippen molar-refractivity contribution in [1.29, 1.82) is 0 Å². The Morgan fingerprint density at radius 1 is 1.16 bits per heavy atom. The van der Waals surface area contributed by atoms with Crippen LogP contribution in [0, 0.1) is 10.1 Å². The minimum Gasteiger partial charge on any atom is -0.301 e. The van der Waals surface area contributed by atoms with Gasteiger partial charge in [0.15, 0.2) is 0 Å². The number of non-ortho nitro benzene ring substituents is 1. The maximum Gasteiger partial charge on any atom is 0.341 e. The summed E-state index contributed by atoms with van der Waals surface area (Å²) in [7, 11) is -3.24. The fourth-order valence-electron chi connectivity index (χ4n) is 2.21. The Bertz CT molecular complexity index is 781. The van der Waals surface area contributed by atoms with Gasteiger partial charge in [-0.25, -0.2) is 10.2 Å². The van der Waals surface area contributed by atoms with E-state index in [2.05, 4.69) is 47.0 Å². The number of aromatic nitrogens is 1. The molecule has 8 nitrogen and oxygen atoms in total. The molecule has 11 heteroatoms. The molecule has 0 saturated carbocycles. The van der Waals surface area contributed by atoms with E-state index in [1.54, 1.807) is 18.3 Å². The molecule has 0 unspecified atom stereocenters. The summed E-state index contributed by atoms with van der Waals surface area (Å²) in [5.74, 6) is 0. The van der Waals surface area contributed by atoms with Gasteiger partial charge in [-0.3, -0.25) is 19.7 Å². The second-order valence-electron chi connectivity index (χ2n) is 4.94. The van der Waals surface area contributed by atoms with Crippen LogP contribution in [0.15, 0.2) is 30.6 Å². The Balaban J connectivity index is 2.25. The van der Waals surface area contributed by atoms with Crippen LogP contribution in [0.5, 0.6) is 0 Å². The number of pyridine rings is 1. The van der Waals surface area contributed by atoms with E-state index in [9.17, 15) is 14.7 Å². The van der Waals surface area contributed by atoms with E-state index < -0.39 is 12.6 Å². The third kappa shape index (κ3) is 5.54. The van der Waals surface area contributed by atoms with Gasteiger partial charge < -0.3 is 4.52 Å². The maximum atomic E-state index is 12.8. The monoisotopic (exact) mass is 494 g/mol. The first-order chi connectivity index (χ1) is 12.0. The predicted octanol–water partition coefficient (Wildman–Crippen LogP) is 3.74. The lowest BCUT2D eigenvalue weighted by molar-refractivity contribution is -0.383. The second kappa shape index (κ2) is 9.70. The average molecular weight is 496 g/mol. The lowest BCUT2D eigenvalue weighted by Gasteiger charge is -2.20. The number of halogens is 2. The molecule has 136 valence electrons. The molecule has 0 saturated heterocycles. The van der Waals surface area contributed by atoms with Crippen molar-refractivity contribution in [3.05, 3.63) is 46.3 Å². The van der Waals surface area contributed by atoms with Gasteiger partial charge >= 0.3 is 7.67 Å². The summed E-state index contributed by atoms with van der Waals surface area (Å²) in [6.45, 7) is 0.981. The number of nitro benzene ring substituents is 1. The SMILES string of the molecule is O=[N+]([O-])c1ccc(COP(=O)(NCCBr)NCCBr)c2ccncc12. The van der Waals surface area contributed by atoms with Gasteiger partial charge in [-0.15, -0.1) is 0 Å². The van der Waals surface area contributed by atoms with E-state index in [-0.39, 0.29) is 12.3 Å². The zero-order valence-electron chi connectivity index (χ0n) is 13.2. The highest BCUT2D eigenvalue weighted by Crippen LogP contribution is 2.39. The number of nitrogens with one attached hydrogen (secondary N) is 2. The van der Waals surface area contributed by atoms with Gasteiger partial charge in [0, 0.05) is 42.2 Å². The van der Waals surface area contributed by atoms with E-state index in [0.717, 1.165) is 0 Å². The molecule has 0 radical (unpaired) electrons. The molecular weight excluding hydrogens is 479 g/mol. The quantitative estimate of drug-likeness (QED) is 0.224. The van der Waals surface area contributed by atoms with Gasteiger partial charge in [-0.1, -0.05) is 31.9 Å². The molecule has 0 bridgehead atoms. The zero-order valence-corrected chi connectivity index (χ0v) is 17.2. The van der Waals surface area contributed by atoms with E-state index >= 15 is 0 Å². The number of nitro groups is 1. The van der Waals surface area contributed by atoms with Crippen LogP contribution in [0.25, 0.3) is 10.8 Å². The fraction of sp³-hybridized carbons (Fsp3) is 0.357. The summed E-state index contributed by atoms with van der Waals surface area (Å²) >= 11 is 6.55. The largest absolute Gasteiger partial charge is 0.341 e. The number of rotatable bonds is 10. The molecular formula is C14H17Br2N4O4P. The van der Waals surface area contributed by atoms with Crippen molar-refractivity contribution in [2.45, 2.75) is 6.61 Å². The number of nitrogens with zero attached hydrogens (tertiary/aromatic N) is 2. The normalized spacial score (nSPS) is 11.8. The summed E-state index contributed by atoms with van der Waals surface area (Å²) < 4.78 is 18.4. The van der Waals surface area contributed by atoms with Gasteiger partial charge in [0.25, 0.3) is 5.69 Å². The predicted molar refractivity (Wildman–Crippen MR) is 104 cm³/mol. The molecule has 25 heavy (non-hydrogen) atoms. The second-order valence-corrected chi connectivity index (χ2v) is 8.52. The summed E-state index contributed by atoms with van der Waals surface area (Å²) in [4.78, 5) is 14.7. The molecule has 0 fully saturated rings. The number of alkyl halides is 2. The van der Waals surface area contributed by atoms with Crippen molar-refractivity contribution in [1.82, 2.24) is 15.2 Å². The van der Waals surface area contributed by atoms with Crippen molar-refractivity contribution in [3.8, 4) is 0 Å². The van der Waals surface area contributed by atoms with E-state index in [1.807, 2.05) is 0 Å². The Hall–Kier alpha value is -0.900. The van der Waals surface area contributed by atoms with Crippen molar-refractivity contribution >= 4 is 56.0 Å². The number of hydrogen-bond acceptors (Lipinski definition) is 5. The number of benzene rings is 1. The van der Waals surface area contributed by atoms with Crippen molar-refractivity contribution in [2.24, 2.45) is 0 Å². The van der Waals surface area contributed by atoms with Crippen LogP contribution in [0.2, 0.25) is 0 Å². The zero-order chi connectivity index (χ0) is 18.3. The Kier molecular flexibility index (Phi) is 7.92. The third-order valence-electron chi connectivity index (χ3n) is 3.31. The first-order valence-electron chi connectivity index (χ1n) is 7.37. The van der Waals surface area contributed by atoms with Crippen LogP contribution in [-0.4, -0.2) is 33.7 Å². The molecule has 2 aromatic rings. The molecule has 2 N–H and O–H groups in total. The topological polar surface area (TPSA) is 106 Å². The third-order valence-corrected chi connectivity index (χ3v) is 5.88. The highest BCUT2D eigenvalue weighted by molar-refractivity contribution is 9.09. The Labute approximate surface area is 161 Å². The molecule has 1 aromatic heterocycles. The van der Waals surface area contributed by atoms with E-state index in [4.69, 9.17) is 4.52 Å². The van der Waals surface area contributed by atoms with Gasteiger partial charge in [-0.05, 0) is 23.1 Å². The van der Waals surface area contributed by atoms with Crippen LogP contribution in [0.4, 0.5) is 5.69 Å². The summed E-state index contributed by atoms with van der Waals surface area (Å²) in [5, 5.41) is 19.2. The Morgan fingerprint density at radius 2 is 1.84 bits per heavy atom. The molecule has 1 heterocycles. The average Bonchev–Trinajstić information content (AvgIpc) is 2.62. The van der Waals surface area contributed by atoms with Gasteiger partial charge in [0.05, 0.1) is 16.9 Å². The van der Waals surface area contributed by atoms with Gasteiger partial charge in [0.2, 0.25) is 0 Å². The molecule has 0 aliphatic heterocycles. The van der Waals surface area contributed by atoms with Gasteiger partial charge in [-0.2, -0.15) is 0 Å². The minimum absolute atomic E-state index is 0.0233. The highest BCUT2D eigenvalue weighted by Gasteiger charge is 2.23. The van der Waals surface area contributed by atoms with Crippen LogP contribution >= 0.6 is 39.5 Å². The van der Waals surface area contributed by atoms with E-state index in [0.29, 0.717) is 40.1 Å². The molecule has 0 spiro atoms. The maximum absolute atomic E-state index is 12.8. The summed E-state index contributed by atoms with van der Waals surface area (Å²) in [6, 6.07) is 4.70. The minimum atomic E-state index is -3.24.